The third-order valence-electron chi connectivity index (χ3n) is 3.58. The minimum absolute atomic E-state index is 0.0588. The summed E-state index contributed by atoms with van der Waals surface area (Å²) in [6.07, 6.45) is -4.23. The molecule has 0 N–H and O–H groups in total. The zero-order valence-electron chi connectivity index (χ0n) is 11.9. The Labute approximate surface area is 127 Å². The Morgan fingerprint density at radius 3 is 2.65 bits per heavy atom. The Bertz CT molecular complexity index is 731. The predicted molar refractivity (Wildman–Crippen MR) is 67.8 cm³/mol. The molecule has 23 heavy (non-hydrogen) atoms. The van der Waals surface area contributed by atoms with E-state index in [0.717, 1.165) is 0 Å². The molecule has 2 aromatic heterocycles. The molecule has 3 heterocycles. The summed E-state index contributed by atoms with van der Waals surface area (Å²) in [5, 5.41) is 3.50. The quantitative estimate of drug-likeness (QED) is 0.790. The van der Waals surface area contributed by atoms with E-state index in [1.807, 2.05) is 0 Å². The summed E-state index contributed by atoms with van der Waals surface area (Å²) in [7, 11) is 0. The van der Waals surface area contributed by atoms with E-state index in [-0.39, 0.29) is 37.0 Å². The highest BCUT2D eigenvalue weighted by atomic mass is 19.4. The van der Waals surface area contributed by atoms with Gasteiger partial charge in [-0.25, -0.2) is 13.8 Å². The number of nitrogens with zero attached hydrogens (tertiary/aromatic N) is 4. The number of hydrogen-bond donors (Lipinski definition) is 0. The Balaban J connectivity index is 1.84. The fourth-order valence-electron chi connectivity index (χ4n) is 2.43. The number of alkyl halides is 4. The van der Waals surface area contributed by atoms with Crippen LogP contribution >= 0.6 is 0 Å². The van der Waals surface area contributed by atoms with E-state index in [0.29, 0.717) is 12.3 Å². The zero-order valence-corrected chi connectivity index (χ0v) is 11.9. The van der Waals surface area contributed by atoms with Gasteiger partial charge in [0.25, 0.3) is 5.89 Å². The van der Waals surface area contributed by atoms with E-state index >= 15 is 0 Å². The van der Waals surface area contributed by atoms with E-state index < -0.39 is 23.2 Å². The molecule has 0 bridgehead atoms. The van der Waals surface area contributed by atoms with Crippen molar-refractivity contribution < 1.29 is 26.5 Å². The van der Waals surface area contributed by atoms with E-state index in [9.17, 15) is 22.0 Å². The van der Waals surface area contributed by atoms with E-state index in [1.165, 1.54) is 11.8 Å². The monoisotopic (exact) mass is 334 g/mol. The largest absolute Gasteiger partial charge is 0.417 e. The van der Waals surface area contributed by atoms with Gasteiger partial charge in [0, 0.05) is 19.2 Å². The number of pyridine rings is 1. The number of aryl methyl sites for hydroxylation is 1. The van der Waals surface area contributed by atoms with Gasteiger partial charge in [0.05, 0.1) is 12.1 Å². The van der Waals surface area contributed by atoms with Crippen molar-refractivity contribution in [3.63, 3.8) is 0 Å². The highest BCUT2D eigenvalue weighted by Gasteiger charge is 2.46. The average Bonchev–Trinajstić information content (AvgIpc) is 3.05. The Morgan fingerprint density at radius 1 is 1.35 bits per heavy atom. The third-order valence-corrected chi connectivity index (χ3v) is 3.58. The third kappa shape index (κ3) is 2.84. The van der Waals surface area contributed by atoms with E-state index in [2.05, 4.69) is 15.1 Å². The fraction of sp³-hybridized carbons (Fsp3) is 0.462. The number of rotatable bonds is 2. The second-order valence-electron chi connectivity index (χ2n) is 5.31. The van der Waals surface area contributed by atoms with Gasteiger partial charge in [-0.1, -0.05) is 5.16 Å². The molecular weight excluding hydrogens is 323 g/mol. The molecule has 1 aliphatic heterocycles. The van der Waals surface area contributed by atoms with Crippen molar-refractivity contribution in [1.82, 2.24) is 15.1 Å². The summed E-state index contributed by atoms with van der Waals surface area (Å²) >= 11 is 0. The SMILES string of the molecule is Cc1noc(C2(F)CCN(c3ncc(C(F)(F)F)cc3F)C2)n1. The summed E-state index contributed by atoms with van der Waals surface area (Å²) in [6, 6.07) is 0.345. The molecule has 1 aliphatic rings. The lowest BCUT2D eigenvalue weighted by molar-refractivity contribution is -0.138. The fourth-order valence-corrected chi connectivity index (χ4v) is 2.43. The van der Waals surface area contributed by atoms with Crippen molar-refractivity contribution in [2.45, 2.75) is 25.2 Å². The van der Waals surface area contributed by atoms with Gasteiger partial charge in [-0.3, -0.25) is 0 Å². The average molecular weight is 334 g/mol. The molecule has 1 saturated heterocycles. The van der Waals surface area contributed by atoms with Crippen LogP contribution in [0, 0.1) is 12.7 Å². The molecule has 2 aromatic rings. The van der Waals surface area contributed by atoms with Gasteiger partial charge < -0.3 is 9.42 Å². The lowest BCUT2D eigenvalue weighted by Gasteiger charge is -2.20. The van der Waals surface area contributed by atoms with Gasteiger partial charge in [0.15, 0.2) is 17.5 Å². The van der Waals surface area contributed by atoms with Crippen LogP contribution in [0.2, 0.25) is 0 Å². The standard InChI is InChI=1S/C13H11F5N4O/c1-7-20-11(23-21-7)12(15)2-3-22(6-12)10-9(14)4-8(5-19-10)13(16,17)18/h4-5H,2-3,6H2,1H3. The Morgan fingerprint density at radius 2 is 2.09 bits per heavy atom. The lowest BCUT2D eigenvalue weighted by atomic mass is 10.1. The molecule has 0 aromatic carbocycles. The van der Waals surface area contributed by atoms with Gasteiger partial charge in [-0.2, -0.15) is 18.2 Å². The van der Waals surface area contributed by atoms with Gasteiger partial charge in [-0.05, 0) is 13.0 Å². The van der Waals surface area contributed by atoms with Crippen LogP contribution in [0.3, 0.4) is 0 Å². The first-order valence-electron chi connectivity index (χ1n) is 6.66. The second-order valence-corrected chi connectivity index (χ2v) is 5.31. The minimum Gasteiger partial charge on any atom is -0.350 e. The van der Waals surface area contributed by atoms with Gasteiger partial charge in [0.2, 0.25) is 5.67 Å². The van der Waals surface area contributed by atoms with Crippen LogP contribution in [-0.2, 0) is 11.8 Å². The molecule has 1 atom stereocenters. The van der Waals surface area contributed by atoms with Gasteiger partial charge in [0.1, 0.15) is 0 Å². The van der Waals surface area contributed by atoms with Crippen LogP contribution in [0.15, 0.2) is 16.8 Å². The van der Waals surface area contributed by atoms with Crippen molar-refractivity contribution in [3.8, 4) is 0 Å². The zero-order chi connectivity index (χ0) is 16.8. The molecule has 0 radical (unpaired) electrons. The van der Waals surface area contributed by atoms with Crippen molar-refractivity contribution in [2.75, 3.05) is 18.0 Å². The molecule has 0 amide bonds. The number of halogens is 5. The molecule has 0 spiro atoms. The first-order valence-corrected chi connectivity index (χ1v) is 6.66. The minimum atomic E-state index is -4.69. The van der Waals surface area contributed by atoms with Crippen molar-refractivity contribution in [2.24, 2.45) is 0 Å². The van der Waals surface area contributed by atoms with Gasteiger partial charge in [-0.15, -0.1) is 0 Å². The van der Waals surface area contributed by atoms with Crippen LogP contribution in [0.1, 0.15) is 23.7 Å². The molecule has 1 unspecified atom stereocenters. The molecule has 1 fully saturated rings. The summed E-state index contributed by atoms with van der Waals surface area (Å²) in [4.78, 5) is 8.53. The van der Waals surface area contributed by atoms with Gasteiger partial charge >= 0.3 is 6.18 Å². The highest BCUT2D eigenvalue weighted by molar-refractivity contribution is 5.44. The molecule has 3 rings (SSSR count). The Hall–Kier alpha value is -2.26. The summed E-state index contributed by atoms with van der Waals surface area (Å²) < 4.78 is 71.1. The maximum absolute atomic E-state index is 14.8. The smallest absolute Gasteiger partial charge is 0.350 e. The Kier molecular flexibility index (Phi) is 3.49. The van der Waals surface area contributed by atoms with Crippen LogP contribution in [0.4, 0.5) is 27.8 Å². The van der Waals surface area contributed by atoms with Crippen LogP contribution in [0.25, 0.3) is 0 Å². The van der Waals surface area contributed by atoms with E-state index in [1.54, 1.807) is 0 Å². The maximum Gasteiger partial charge on any atom is 0.417 e. The first kappa shape index (κ1) is 15.6. The number of aromatic nitrogens is 3. The lowest BCUT2D eigenvalue weighted by Crippen LogP contribution is -2.28. The molecule has 10 heteroatoms. The van der Waals surface area contributed by atoms with Crippen LogP contribution in [0.5, 0.6) is 0 Å². The number of hydrogen-bond acceptors (Lipinski definition) is 5. The summed E-state index contributed by atoms with van der Waals surface area (Å²) in [6.45, 7) is 1.26. The van der Waals surface area contributed by atoms with Crippen LogP contribution < -0.4 is 4.90 Å². The highest BCUT2D eigenvalue weighted by Crippen LogP contribution is 2.38. The topological polar surface area (TPSA) is 55.1 Å². The molecule has 0 aliphatic carbocycles. The predicted octanol–water partition coefficient (Wildman–Crippen LogP) is 3.01. The molecule has 124 valence electrons. The first-order chi connectivity index (χ1) is 10.7. The second kappa shape index (κ2) is 5.14. The number of anilines is 1. The van der Waals surface area contributed by atoms with Crippen molar-refractivity contribution in [3.05, 3.63) is 35.4 Å². The van der Waals surface area contributed by atoms with Crippen molar-refractivity contribution in [1.29, 1.82) is 0 Å². The molecular formula is C13H11F5N4O. The maximum atomic E-state index is 14.8. The summed E-state index contributed by atoms with van der Waals surface area (Å²) in [5.74, 6) is -1.47. The van der Waals surface area contributed by atoms with Crippen molar-refractivity contribution >= 4 is 5.82 Å². The summed E-state index contributed by atoms with van der Waals surface area (Å²) in [5.41, 5.74) is -3.19. The molecule has 0 saturated carbocycles. The normalized spacial score (nSPS) is 21.9. The molecule has 5 nitrogen and oxygen atoms in total. The van der Waals surface area contributed by atoms with Crippen LogP contribution in [-0.4, -0.2) is 28.2 Å². The van der Waals surface area contributed by atoms with E-state index in [4.69, 9.17) is 4.52 Å².